The minimum absolute atomic E-state index is 0.0716. The maximum Gasteiger partial charge on any atom is 0.192 e. The van der Waals surface area contributed by atoms with Crippen molar-refractivity contribution >= 4 is 17.4 Å². The molecular weight excluding hydrogens is 292 g/mol. The van der Waals surface area contributed by atoms with Gasteiger partial charge in [-0.05, 0) is 47.7 Å². The molecule has 2 aliphatic carbocycles. The van der Waals surface area contributed by atoms with E-state index in [1.807, 2.05) is 6.08 Å². The lowest BCUT2D eigenvalue weighted by atomic mass is 9.84. The van der Waals surface area contributed by atoms with Gasteiger partial charge in [0.1, 0.15) is 0 Å². The van der Waals surface area contributed by atoms with Crippen LogP contribution in [0.3, 0.4) is 0 Å². The molecule has 4 rings (SSSR count). The van der Waals surface area contributed by atoms with Gasteiger partial charge in [-0.15, -0.1) is 0 Å². The number of rotatable bonds is 2. The summed E-state index contributed by atoms with van der Waals surface area (Å²) < 4.78 is 0. The summed E-state index contributed by atoms with van der Waals surface area (Å²) in [5, 5.41) is 0.649. The van der Waals surface area contributed by atoms with Gasteiger partial charge in [0, 0.05) is 22.1 Å². The molecule has 0 spiro atoms. The van der Waals surface area contributed by atoms with Crippen LogP contribution in [-0.2, 0) is 6.42 Å². The molecule has 0 aliphatic heterocycles. The van der Waals surface area contributed by atoms with Crippen LogP contribution in [0.15, 0.2) is 72.3 Å². The van der Waals surface area contributed by atoms with Gasteiger partial charge >= 0.3 is 0 Å². The van der Waals surface area contributed by atoms with Gasteiger partial charge in [0.2, 0.25) is 0 Å². The second-order valence-electron chi connectivity index (χ2n) is 5.91. The zero-order valence-corrected chi connectivity index (χ0v) is 12.8. The molecule has 0 N–H and O–H groups in total. The van der Waals surface area contributed by atoms with Crippen molar-refractivity contribution < 1.29 is 4.79 Å². The number of fused-ring (bicyclic) bond motifs is 3. The van der Waals surface area contributed by atoms with E-state index in [4.69, 9.17) is 11.6 Å². The van der Waals surface area contributed by atoms with E-state index in [1.54, 1.807) is 24.3 Å². The van der Waals surface area contributed by atoms with Gasteiger partial charge in [-0.1, -0.05) is 54.1 Å². The Labute approximate surface area is 134 Å². The number of carbonyl (C=O) groups excluding carboxylic acids is 1. The van der Waals surface area contributed by atoms with Crippen LogP contribution in [0.25, 0.3) is 0 Å². The van der Waals surface area contributed by atoms with E-state index >= 15 is 0 Å². The van der Waals surface area contributed by atoms with E-state index < -0.39 is 0 Å². The molecule has 1 nitrogen and oxygen atoms in total. The van der Waals surface area contributed by atoms with Crippen LogP contribution in [0.4, 0.5) is 0 Å². The first kappa shape index (κ1) is 13.5. The van der Waals surface area contributed by atoms with Crippen molar-refractivity contribution in [2.45, 2.75) is 12.3 Å². The molecule has 0 bridgehead atoms. The average Bonchev–Trinajstić information content (AvgIpc) is 2.92. The highest BCUT2D eigenvalue weighted by atomic mass is 35.5. The fourth-order valence-corrected chi connectivity index (χ4v) is 3.60. The lowest BCUT2D eigenvalue weighted by Gasteiger charge is -2.19. The molecular formula is C20H15ClO. The molecule has 22 heavy (non-hydrogen) atoms. The summed E-state index contributed by atoms with van der Waals surface area (Å²) in [5.41, 5.74) is 4.28. The smallest absolute Gasteiger partial charge is 0.192 e. The molecule has 2 aliphatic rings. The fraction of sp³-hybridized carbons (Fsp3) is 0.150. The van der Waals surface area contributed by atoms with Gasteiger partial charge in [-0.2, -0.15) is 0 Å². The molecule has 0 heterocycles. The Morgan fingerprint density at radius 2 is 1.82 bits per heavy atom. The van der Waals surface area contributed by atoms with Crippen LogP contribution in [-0.4, -0.2) is 5.78 Å². The van der Waals surface area contributed by atoms with Crippen molar-refractivity contribution in [1.82, 2.24) is 0 Å². The molecule has 0 aromatic heterocycles. The third kappa shape index (κ3) is 2.22. The second kappa shape index (κ2) is 5.26. The number of halogens is 1. The summed E-state index contributed by atoms with van der Waals surface area (Å²) in [6.07, 6.45) is 7.31. The third-order valence-corrected chi connectivity index (χ3v) is 4.83. The molecule has 108 valence electrons. The second-order valence-corrected chi connectivity index (χ2v) is 6.35. The zero-order valence-electron chi connectivity index (χ0n) is 12.0. The number of allylic oxidation sites excluding steroid dienone is 4. The number of benzene rings is 2. The highest BCUT2D eigenvalue weighted by Crippen LogP contribution is 2.42. The van der Waals surface area contributed by atoms with Crippen molar-refractivity contribution in [1.29, 1.82) is 0 Å². The summed E-state index contributed by atoms with van der Waals surface area (Å²) in [7, 11) is 0. The SMILES string of the molecule is O=C(C1=C[C@@H]2Cc3ccccc3[C@H]2C=C1)c1ccc(Cl)cc1. The van der Waals surface area contributed by atoms with Crippen molar-refractivity contribution in [2.24, 2.45) is 5.92 Å². The minimum atomic E-state index is 0.0716. The van der Waals surface area contributed by atoms with Crippen molar-refractivity contribution in [2.75, 3.05) is 0 Å². The Balaban J connectivity index is 1.63. The topological polar surface area (TPSA) is 17.1 Å². The van der Waals surface area contributed by atoms with E-state index in [9.17, 15) is 4.79 Å². The van der Waals surface area contributed by atoms with Crippen molar-refractivity contribution in [3.63, 3.8) is 0 Å². The molecule has 2 atom stereocenters. The molecule has 2 heteroatoms. The predicted octanol–water partition coefficient (Wildman–Crippen LogP) is 4.98. The van der Waals surface area contributed by atoms with Crippen molar-refractivity contribution in [3.8, 4) is 0 Å². The Hall–Kier alpha value is -2.12. The first-order valence-electron chi connectivity index (χ1n) is 7.50. The van der Waals surface area contributed by atoms with E-state index in [1.165, 1.54) is 11.1 Å². The lowest BCUT2D eigenvalue weighted by Crippen LogP contribution is -2.12. The van der Waals surface area contributed by atoms with Crippen LogP contribution in [0.1, 0.15) is 27.4 Å². The number of ketones is 1. The zero-order chi connectivity index (χ0) is 15.1. The molecule has 2 aromatic carbocycles. The molecule has 0 unspecified atom stereocenters. The maximum atomic E-state index is 12.6. The largest absolute Gasteiger partial charge is 0.289 e. The highest BCUT2D eigenvalue weighted by molar-refractivity contribution is 6.30. The standard InChI is InChI=1S/C20H15ClO/c21-17-8-5-13(6-9-17)20(22)15-7-10-19-16(12-15)11-14-3-1-2-4-18(14)19/h1-10,12,16,19H,11H2/t16-,19-/m0/s1. The van der Waals surface area contributed by atoms with Crippen LogP contribution in [0.2, 0.25) is 5.02 Å². The Morgan fingerprint density at radius 1 is 1.05 bits per heavy atom. The molecule has 0 amide bonds. The summed E-state index contributed by atoms with van der Waals surface area (Å²) in [6.45, 7) is 0. The van der Waals surface area contributed by atoms with Crippen LogP contribution >= 0.6 is 11.6 Å². The number of hydrogen-bond acceptors (Lipinski definition) is 1. The monoisotopic (exact) mass is 306 g/mol. The van der Waals surface area contributed by atoms with Gasteiger partial charge in [-0.25, -0.2) is 0 Å². The molecule has 0 saturated carbocycles. The number of carbonyl (C=O) groups is 1. The molecule has 2 aromatic rings. The predicted molar refractivity (Wildman–Crippen MR) is 89.4 cm³/mol. The summed E-state index contributed by atoms with van der Waals surface area (Å²) in [5.74, 6) is 0.883. The lowest BCUT2D eigenvalue weighted by molar-refractivity contribution is 0.103. The Bertz CT molecular complexity index is 799. The third-order valence-electron chi connectivity index (χ3n) is 4.58. The van der Waals surface area contributed by atoms with Gasteiger partial charge in [-0.3, -0.25) is 4.79 Å². The highest BCUT2D eigenvalue weighted by Gasteiger charge is 2.31. The minimum Gasteiger partial charge on any atom is -0.289 e. The Kier molecular flexibility index (Phi) is 3.24. The number of hydrogen-bond donors (Lipinski definition) is 0. The fourth-order valence-electron chi connectivity index (χ4n) is 3.48. The maximum absolute atomic E-state index is 12.6. The normalized spacial score (nSPS) is 22.0. The van der Waals surface area contributed by atoms with Crippen LogP contribution in [0, 0.1) is 5.92 Å². The summed E-state index contributed by atoms with van der Waals surface area (Å²) in [4.78, 5) is 12.6. The van der Waals surface area contributed by atoms with Gasteiger partial charge in [0.15, 0.2) is 5.78 Å². The van der Waals surface area contributed by atoms with E-state index in [0.29, 0.717) is 22.4 Å². The van der Waals surface area contributed by atoms with Gasteiger partial charge in [0.25, 0.3) is 0 Å². The summed E-state index contributed by atoms with van der Waals surface area (Å²) >= 11 is 5.89. The van der Waals surface area contributed by atoms with Gasteiger partial charge < -0.3 is 0 Å². The molecule has 0 saturated heterocycles. The van der Waals surface area contributed by atoms with Crippen LogP contribution < -0.4 is 0 Å². The average molecular weight is 307 g/mol. The van der Waals surface area contributed by atoms with Gasteiger partial charge in [0.05, 0.1) is 0 Å². The quantitative estimate of drug-likeness (QED) is 0.716. The van der Waals surface area contributed by atoms with E-state index in [-0.39, 0.29) is 5.78 Å². The first-order chi connectivity index (χ1) is 10.7. The molecule has 0 fully saturated rings. The molecule has 0 radical (unpaired) electrons. The number of Topliss-reactive ketones (excluding diaryl/α,β-unsaturated/α-hetero) is 1. The first-order valence-corrected chi connectivity index (χ1v) is 7.88. The van der Waals surface area contributed by atoms with Crippen molar-refractivity contribution in [3.05, 3.63) is 94.0 Å². The van der Waals surface area contributed by atoms with Crippen LogP contribution in [0.5, 0.6) is 0 Å². The van der Waals surface area contributed by atoms with E-state index in [2.05, 4.69) is 36.4 Å². The summed E-state index contributed by atoms with van der Waals surface area (Å²) in [6, 6.07) is 15.7. The Morgan fingerprint density at radius 3 is 2.64 bits per heavy atom. The van der Waals surface area contributed by atoms with E-state index in [0.717, 1.165) is 12.0 Å².